The predicted octanol–water partition coefficient (Wildman–Crippen LogP) is 3.68. The summed E-state index contributed by atoms with van der Waals surface area (Å²) in [6.45, 7) is 2.82. The number of aromatic nitrogens is 1. The second-order valence-electron chi connectivity index (χ2n) is 3.94. The first-order chi connectivity index (χ1) is 8.72. The van der Waals surface area contributed by atoms with Crippen molar-refractivity contribution in [1.82, 2.24) is 10.3 Å². The lowest BCUT2D eigenvalue weighted by atomic mass is 10.00. The van der Waals surface area contributed by atoms with Crippen LogP contribution in [0.1, 0.15) is 24.1 Å². The molecule has 18 heavy (non-hydrogen) atoms. The van der Waals surface area contributed by atoms with Gasteiger partial charge in [0.15, 0.2) is 0 Å². The second kappa shape index (κ2) is 6.07. The van der Waals surface area contributed by atoms with Crippen LogP contribution >= 0.6 is 15.9 Å². The molecule has 0 spiro atoms. The van der Waals surface area contributed by atoms with Crippen LogP contribution in [-0.4, -0.2) is 11.5 Å². The fourth-order valence-corrected chi connectivity index (χ4v) is 2.37. The van der Waals surface area contributed by atoms with Gasteiger partial charge in [-0.1, -0.05) is 28.9 Å². The van der Waals surface area contributed by atoms with E-state index in [2.05, 4.69) is 26.2 Å². The summed E-state index contributed by atoms with van der Waals surface area (Å²) >= 11 is 3.47. The molecule has 4 heteroatoms. The molecule has 1 unspecified atom stereocenters. The van der Waals surface area contributed by atoms with Crippen molar-refractivity contribution in [1.29, 1.82) is 0 Å². The topological polar surface area (TPSA) is 24.9 Å². The van der Waals surface area contributed by atoms with E-state index in [1.54, 1.807) is 24.5 Å². The van der Waals surface area contributed by atoms with Gasteiger partial charge in [0.2, 0.25) is 0 Å². The van der Waals surface area contributed by atoms with Gasteiger partial charge in [-0.3, -0.25) is 4.98 Å². The third-order valence-electron chi connectivity index (χ3n) is 2.70. The van der Waals surface area contributed by atoms with E-state index in [9.17, 15) is 4.39 Å². The molecule has 0 bridgehead atoms. The Kier molecular flexibility index (Phi) is 4.44. The summed E-state index contributed by atoms with van der Waals surface area (Å²) in [5.41, 5.74) is 1.90. The summed E-state index contributed by atoms with van der Waals surface area (Å²) < 4.78 is 14.3. The molecule has 0 saturated heterocycles. The quantitative estimate of drug-likeness (QED) is 0.932. The van der Waals surface area contributed by atoms with Crippen LogP contribution in [0.15, 0.2) is 47.2 Å². The number of hydrogen-bond donors (Lipinski definition) is 1. The van der Waals surface area contributed by atoms with Crippen molar-refractivity contribution in [3.05, 3.63) is 64.1 Å². The number of rotatable bonds is 4. The third-order valence-corrected chi connectivity index (χ3v) is 3.42. The van der Waals surface area contributed by atoms with Gasteiger partial charge in [-0.25, -0.2) is 4.39 Å². The average molecular weight is 309 g/mol. The largest absolute Gasteiger partial charge is 0.306 e. The lowest BCUT2D eigenvalue weighted by molar-refractivity contribution is 0.600. The molecule has 1 aromatic carbocycles. The Morgan fingerprint density at radius 1 is 1.39 bits per heavy atom. The van der Waals surface area contributed by atoms with Crippen molar-refractivity contribution < 1.29 is 4.39 Å². The number of halogens is 2. The number of hydrogen-bond acceptors (Lipinski definition) is 2. The molecule has 2 nitrogen and oxygen atoms in total. The van der Waals surface area contributed by atoms with E-state index in [-0.39, 0.29) is 11.9 Å². The van der Waals surface area contributed by atoms with E-state index in [4.69, 9.17) is 0 Å². The number of pyridine rings is 1. The Bertz CT molecular complexity index is 516. The smallest absolute Gasteiger partial charge is 0.123 e. The lowest BCUT2D eigenvalue weighted by Gasteiger charge is -2.20. The molecule has 94 valence electrons. The Hall–Kier alpha value is -1.26. The normalized spacial score (nSPS) is 12.4. The molecule has 2 rings (SSSR count). The van der Waals surface area contributed by atoms with Gasteiger partial charge in [-0.05, 0) is 41.9 Å². The molecular weight excluding hydrogens is 295 g/mol. The highest BCUT2D eigenvalue weighted by Gasteiger charge is 2.16. The van der Waals surface area contributed by atoms with Crippen LogP contribution in [0.3, 0.4) is 0 Å². The molecule has 0 aliphatic rings. The molecule has 1 aromatic heterocycles. The summed E-state index contributed by atoms with van der Waals surface area (Å²) in [5.74, 6) is -0.236. The molecular formula is C14H14BrFN2. The van der Waals surface area contributed by atoms with Crippen LogP contribution in [0.5, 0.6) is 0 Å². The molecule has 1 N–H and O–H groups in total. The van der Waals surface area contributed by atoms with Gasteiger partial charge < -0.3 is 5.32 Å². The molecule has 0 fully saturated rings. The van der Waals surface area contributed by atoms with Crippen LogP contribution in [0.25, 0.3) is 0 Å². The van der Waals surface area contributed by atoms with E-state index in [0.717, 1.165) is 22.1 Å². The van der Waals surface area contributed by atoms with Gasteiger partial charge in [0.25, 0.3) is 0 Å². The Balaban J connectivity index is 2.44. The Labute approximate surface area is 114 Å². The molecule has 0 aliphatic carbocycles. The van der Waals surface area contributed by atoms with Crippen molar-refractivity contribution >= 4 is 15.9 Å². The first kappa shape index (κ1) is 13.2. The van der Waals surface area contributed by atoms with Gasteiger partial charge >= 0.3 is 0 Å². The van der Waals surface area contributed by atoms with Gasteiger partial charge in [0.1, 0.15) is 5.82 Å². The van der Waals surface area contributed by atoms with Crippen molar-refractivity contribution in [3.63, 3.8) is 0 Å². The minimum Gasteiger partial charge on any atom is -0.306 e. The van der Waals surface area contributed by atoms with Crippen molar-refractivity contribution in [2.45, 2.75) is 13.0 Å². The highest BCUT2D eigenvalue weighted by Crippen LogP contribution is 2.28. The highest BCUT2D eigenvalue weighted by molar-refractivity contribution is 9.10. The van der Waals surface area contributed by atoms with Crippen LogP contribution in [0.2, 0.25) is 0 Å². The summed E-state index contributed by atoms with van der Waals surface area (Å²) in [7, 11) is 0. The van der Waals surface area contributed by atoms with Gasteiger partial charge in [0.05, 0.1) is 6.04 Å². The predicted molar refractivity (Wildman–Crippen MR) is 73.9 cm³/mol. The average Bonchev–Trinajstić information content (AvgIpc) is 2.40. The van der Waals surface area contributed by atoms with Crippen molar-refractivity contribution in [3.8, 4) is 0 Å². The fraction of sp³-hybridized carbons (Fsp3) is 0.214. The van der Waals surface area contributed by atoms with E-state index < -0.39 is 0 Å². The number of benzene rings is 1. The summed E-state index contributed by atoms with van der Waals surface area (Å²) in [4.78, 5) is 4.12. The molecule has 2 aromatic rings. The summed E-state index contributed by atoms with van der Waals surface area (Å²) in [6, 6.07) is 8.52. The zero-order chi connectivity index (χ0) is 13.0. The van der Waals surface area contributed by atoms with Gasteiger partial charge in [-0.2, -0.15) is 0 Å². The molecule has 0 radical (unpaired) electrons. The molecule has 0 amide bonds. The lowest BCUT2D eigenvalue weighted by Crippen LogP contribution is -2.22. The van der Waals surface area contributed by atoms with E-state index in [0.29, 0.717) is 0 Å². The zero-order valence-electron chi connectivity index (χ0n) is 10.0. The summed E-state index contributed by atoms with van der Waals surface area (Å²) in [6.07, 6.45) is 3.53. The SMILES string of the molecule is CCNC(c1cccnc1)c1cc(F)ccc1Br. The highest BCUT2D eigenvalue weighted by atomic mass is 79.9. The van der Waals surface area contributed by atoms with E-state index >= 15 is 0 Å². The number of nitrogens with one attached hydrogen (secondary N) is 1. The van der Waals surface area contributed by atoms with Crippen molar-refractivity contribution in [2.24, 2.45) is 0 Å². The van der Waals surface area contributed by atoms with E-state index in [1.165, 1.54) is 6.07 Å². The Morgan fingerprint density at radius 3 is 2.89 bits per heavy atom. The minimum absolute atomic E-state index is 0.0613. The molecule has 1 atom stereocenters. The van der Waals surface area contributed by atoms with Crippen molar-refractivity contribution in [2.75, 3.05) is 6.54 Å². The third kappa shape index (κ3) is 2.94. The van der Waals surface area contributed by atoms with Gasteiger partial charge in [-0.15, -0.1) is 0 Å². The maximum atomic E-state index is 13.4. The van der Waals surface area contributed by atoms with Crippen LogP contribution in [-0.2, 0) is 0 Å². The van der Waals surface area contributed by atoms with Crippen LogP contribution < -0.4 is 5.32 Å². The first-order valence-electron chi connectivity index (χ1n) is 5.80. The maximum Gasteiger partial charge on any atom is 0.123 e. The zero-order valence-corrected chi connectivity index (χ0v) is 11.6. The van der Waals surface area contributed by atoms with Crippen LogP contribution in [0, 0.1) is 5.82 Å². The molecule has 0 aliphatic heterocycles. The monoisotopic (exact) mass is 308 g/mol. The first-order valence-corrected chi connectivity index (χ1v) is 6.60. The standard InChI is InChI=1S/C14H14BrFN2/c1-2-18-14(10-4-3-7-17-9-10)12-8-11(16)5-6-13(12)15/h3-9,14,18H,2H2,1H3. The Morgan fingerprint density at radius 2 is 2.22 bits per heavy atom. The molecule has 1 heterocycles. The second-order valence-corrected chi connectivity index (χ2v) is 4.80. The molecule has 0 saturated carbocycles. The summed E-state index contributed by atoms with van der Waals surface area (Å²) in [5, 5.41) is 3.35. The van der Waals surface area contributed by atoms with Crippen LogP contribution in [0.4, 0.5) is 4.39 Å². The van der Waals surface area contributed by atoms with E-state index in [1.807, 2.05) is 19.1 Å². The van der Waals surface area contributed by atoms with Gasteiger partial charge in [0, 0.05) is 16.9 Å². The number of nitrogens with zero attached hydrogens (tertiary/aromatic N) is 1. The minimum atomic E-state index is -0.236. The maximum absolute atomic E-state index is 13.4. The fourth-order valence-electron chi connectivity index (χ4n) is 1.89.